The molecule has 0 bridgehead atoms. The standard InChI is InChI=1S/C15H18FN3OS/c1-10-5-6-17-13(7-10)15-18-14(19-20-15)9-21-12-4-2-3-11(16)8-12/h2-4,8,10,13,17H,5-7,9H2,1H3. The van der Waals surface area contributed by atoms with Gasteiger partial charge in [-0.15, -0.1) is 11.8 Å². The first-order chi connectivity index (χ1) is 10.2. The molecule has 1 aromatic heterocycles. The average Bonchev–Trinajstić information content (AvgIpc) is 2.94. The Bertz CT molecular complexity index is 604. The van der Waals surface area contributed by atoms with E-state index in [9.17, 15) is 4.39 Å². The largest absolute Gasteiger partial charge is 0.338 e. The van der Waals surface area contributed by atoms with Crippen LogP contribution in [0.4, 0.5) is 4.39 Å². The zero-order valence-electron chi connectivity index (χ0n) is 11.9. The van der Waals surface area contributed by atoms with Gasteiger partial charge in [-0.2, -0.15) is 4.98 Å². The highest BCUT2D eigenvalue weighted by Crippen LogP contribution is 2.27. The number of halogens is 1. The van der Waals surface area contributed by atoms with Gasteiger partial charge in [0.15, 0.2) is 5.82 Å². The SMILES string of the molecule is CC1CCNC(c2nc(CSc3cccc(F)c3)no2)C1. The summed E-state index contributed by atoms with van der Waals surface area (Å²) < 4.78 is 18.5. The molecule has 2 atom stereocenters. The molecule has 1 aliphatic rings. The van der Waals surface area contributed by atoms with Crippen molar-refractivity contribution in [3.8, 4) is 0 Å². The highest BCUT2D eigenvalue weighted by Gasteiger charge is 2.24. The van der Waals surface area contributed by atoms with Crippen molar-refractivity contribution in [2.45, 2.75) is 36.5 Å². The first-order valence-electron chi connectivity index (χ1n) is 7.15. The summed E-state index contributed by atoms with van der Waals surface area (Å²) in [4.78, 5) is 5.32. The van der Waals surface area contributed by atoms with E-state index in [4.69, 9.17) is 4.52 Å². The number of nitrogens with zero attached hydrogens (tertiary/aromatic N) is 2. The first kappa shape index (κ1) is 14.5. The molecule has 0 radical (unpaired) electrons. The predicted octanol–water partition coefficient (Wildman–Crippen LogP) is 3.56. The molecule has 2 aromatic rings. The lowest BCUT2D eigenvalue weighted by Crippen LogP contribution is -2.30. The second-order valence-electron chi connectivity index (χ2n) is 5.43. The molecule has 4 nitrogen and oxygen atoms in total. The van der Waals surface area contributed by atoms with Crippen LogP contribution >= 0.6 is 11.8 Å². The molecule has 21 heavy (non-hydrogen) atoms. The van der Waals surface area contributed by atoms with Crippen LogP contribution in [0.3, 0.4) is 0 Å². The van der Waals surface area contributed by atoms with Crippen LogP contribution in [0.15, 0.2) is 33.7 Å². The summed E-state index contributed by atoms with van der Waals surface area (Å²) in [6, 6.07) is 6.68. The topological polar surface area (TPSA) is 51.0 Å². The molecule has 1 aliphatic heterocycles. The van der Waals surface area contributed by atoms with E-state index < -0.39 is 0 Å². The quantitative estimate of drug-likeness (QED) is 0.875. The number of rotatable bonds is 4. The second-order valence-corrected chi connectivity index (χ2v) is 6.48. The van der Waals surface area contributed by atoms with Gasteiger partial charge in [0.1, 0.15) is 5.82 Å². The summed E-state index contributed by atoms with van der Waals surface area (Å²) in [5.74, 6) is 2.34. The van der Waals surface area contributed by atoms with Gasteiger partial charge >= 0.3 is 0 Å². The molecule has 2 unspecified atom stereocenters. The lowest BCUT2D eigenvalue weighted by atomic mass is 9.94. The number of benzene rings is 1. The van der Waals surface area contributed by atoms with E-state index in [0.29, 0.717) is 23.4 Å². The normalized spacial score (nSPS) is 22.4. The number of piperidine rings is 1. The minimum atomic E-state index is -0.228. The number of thioether (sulfide) groups is 1. The minimum Gasteiger partial charge on any atom is -0.338 e. The Hall–Kier alpha value is -1.40. The van der Waals surface area contributed by atoms with E-state index >= 15 is 0 Å². The molecule has 0 amide bonds. The van der Waals surface area contributed by atoms with Crippen molar-refractivity contribution in [1.82, 2.24) is 15.5 Å². The molecule has 112 valence electrons. The lowest BCUT2D eigenvalue weighted by molar-refractivity contribution is 0.259. The van der Waals surface area contributed by atoms with Gasteiger partial charge in [-0.1, -0.05) is 18.1 Å². The van der Waals surface area contributed by atoms with Gasteiger partial charge in [-0.25, -0.2) is 4.39 Å². The van der Waals surface area contributed by atoms with Crippen molar-refractivity contribution < 1.29 is 8.91 Å². The smallest absolute Gasteiger partial charge is 0.243 e. The Morgan fingerprint density at radius 2 is 2.38 bits per heavy atom. The van der Waals surface area contributed by atoms with E-state index in [-0.39, 0.29) is 11.9 Å². The summed E-state index contributed by atoms with van der Waals surface area (Å²) in [5, 5.41) is 7.42. The highest BCUT2D eigenvalue weighted by molar-refractivity contribution is 7.98. The molecular weight excluding hydrogens is 289 g/mol. The minimum absolute atomic E-state index is 0.161. The summed E-state index contributed by atoms with van der Waals surface area (Å²) in [6.07, 6.45) is 2.21. The van der Waals surface area contributed by atoms with Gasteiger partial charge in [-0.3, -0.25) is 0 Å². The van der Waals surface area contributed by atoms with Gasteiger partial charge in [0.05, 0.1) is 11.8 Å². The number of aromatic nitrogens is 2. The van der Waals surface area contributed by atoms with Crippen LogP contribution in [0.25, 0.3) is 0 Å². The molecule has 0 saturated carbocycles. The lowest BCUT2D eigenvalue weighted by Gasteiger charge is -2.25. The van der Waals surface area contributed by atoms with Gasteiger partial charge < -0.3 is 9.84 Å². The Balaban J connectivity index is 1.60. The van der Waals surface area contributed by atoms with Gasteiger partial charge in [-0.05, 0) is 43.5 Å². The Labute approximate surface area is 127 Å². The maximum atomic E-state index is 13.1. The zero-order valence-corrected chi connectivity index (χ0v) is 12.7. The Morgan fingerprint density at radius 1 is 1.48 bits per heavy atom. The van der Waals surface area contributed by atoms with E-state index in [1.165, 1.54) is 30.3 Å². The molecule has 1 N–H and O–H groups in total. The number of hydrogen-bond donors (Lipinski definition) is 1. The Morgan fingerprint density at radius 3 is 3.19 bits per heavy atom. The molecule has 6 heteroatoms. The fourth-order valence-electron chi connectivity index (χ4n) is 2.47. The molecule has 3 rings (SSSR count). The van der Waals surface area contributed by atoms with Crippen molar-refractivity contribution in [2.24, 2.45) is 5.92 Å². The van der Waals surface area contributed by atoms with Crippen molar-refractivity contribution >= 4 is 11.8 Å². The highest BCUT2D eigenvalue weighted by atomic mass is 32.2. The van der Waals surface area contributed by atoms with Crippen LogP contribution in [-0.2, 0) is 5.75 Å². The van der Waals surface area contributed by atoms with Gasteiger partial charge in [0.2, 0.25) is 5.89 Å². The summed E-state index contributed by atoms with van der Waals surface area (Å²) in [5.41, 5.74) is 0. The molecular formula is C15H18FN3OS. The van der Waals surface area contributed by atoms with Gasteiger partial charge in [0.25, 0.3) is 0 Å². The maximum Gasteiger partial charge on any atom is 0.243 e. The van der Waals surface area contributed by atoms with Crippen LogP contribution < -0.4 is 5.32 Å². The van der Waals surface area contributed by atoms with Gasteiger partial charge in [0, 0.05) is 4.90 Å². The zero-order chi connectivity index (χ0) is 14.7. The summed E-state index contributed by atoms with van der Waals surface area (Å²) >= 11 is 1.50. The predicted molar refractivity (Wildman–Crippen MR) is 79.4 cm³/mol. The van der Waals surface area contributed by atoms with E-state index in [2.05, 4.69) is 22.4 Å². The molecule has 0 aliphatic carbocycles. The van der Waals surface area contributed by atoms with Crippen LogP contribution in [0, 0.1) is 11.7 Å². The third-order valence-corrected chi connectivity index (χ3v) is 4.60. The van der Waals surface area contributed by atoms with Crippen molar-refractivity contribution in [2.75, 3.05) is 6.54 Å². The molecule has 0 spiro atoms. The molecule has 1 saturated heterocycles. The fraction of sp³-hybridized carbons (Fsp3) is 0.467. The van der Waals surface area contributed by atoms with Crippen LogP contribution in [0.2, 0.25) is 0 Å². The number of hydrogen-bond acceptors (Lipinski definition) is 5. The Kier molecular flexibility index (Phi) is 4.55. The fourth-order valence-corrected chi connectivity index (χ4v) is 3.25. The maximum absolute atomic E-state index is 13.1. The monoisotopic (exact) mass is 307 g/mol. The molecule has 1 fully saturated rings. The molecule has 1 aromatic carbocycles. The van der Waals surface area contributed by atoms with Crippen molar-refractivity contribution in [1.29, 1.82) is 0 Å². The molecule has 2 heterocycles. The van der Waals surface area contributed by atoms with Crippen molar-refractivity contribution in [3.05, 3.63) is 41.8 Å². The average molecular weight is 307 g/mol. The summed E-state index contributed by atoms with van der Waals surface area (Å²) in [7, 11) is 0. The van der Waals surface area contributed by atoms with Crippen molar-refractivity contribution in [3.63, 3.8) is 0 Å². The third kappa shape index (κ3) is 3.83. The first-order valence-corrected chi connectivity index (χ1v) is 8.13. The van der Waals surface area contributed by atoms with E-state index in [1.807, 2.05) is 6.07 Å². The third-order valence-electron chi connectivity index (χ3n) is 3.61. The van der Waals surface area contributed by atoms with Crippen LogP contribution in [0.1, 0.15) is 37.5 Å². The van der Waals surface area contributed by atoms with E-state index in [0.717, 1.165) is 17.9 Å². The van der Waals surface area contributed by atoms with E-state index in [1.54, 1.807) is 6.07 Å². The second kappa shape index (κ2) is 6.58. The number of nitrogens with one attached hydrogen (secondary N) is 1. The van der Waals surface area contributed by atoms with Crippen LogP contribution in [0.5, 0.6) is 0 Å². The summed E-state index contributed by atoms with van der Waals surface area (Å²) in [6.45, 7) is 3.23. The van der Waals surface area contributed by atoms with Crippen LogP contribution in [-0.4, -0.2) is 16.7 Å².